The minimum absolute atomic E-state index is 0.0575. The number of aromatic nitrogens is 1. The molecule has 0 fully saturated rings. The van der Waals surface area contributed by atoms with Crippen LogP contribution in [0.2, 0.25) is 0 Å². The molecule has 116 valence electrons. The third-order valence-electron chi connectivity index (χ3n) is 3.52. The summed E-state index contributed by atoms with van der Waals surface area (Å²) in [6.45, 7) is 1.88. The van der Waals surface area contributed by atoms with E-state index in [0.29, 0.717) is 11.5 Å². The lowest BCUT2D eigenvalue weighted by atomic mass is 9.93. The van der Waals surface area contributed by atoms with E-state index in [1.54, 1.807) is 26.6 Å². The first kappa shape index (κ1) is 15.8. The molecule has 0 aliphatic rings. The quantitative estimate of drug-likeness (QED) is 0.886. The maximum Gasteiger partial charge on any atom is 0.303 e. The molecule has 5 heteroatoms. The summed E-state index contributed by atoms with van der Waals surface area (Å²) < 4.78 is 10.9. The number of carboxylic acids is 1. The number of benzene rings is 1. The van der Waals surface area contributed by atoms with Gasteiger partial charge in [0, 0.05) is 23.5 Å². The Labute approximate surface area is 129 Å². The molecule has 1 heterocycles. The smallest absolute Gasteiger partial charge is 0.303 e. The first-order valence-corrected chi connectivity index (χ1v) is 6.95. The molecule has 0 aliphatic heterocycles. The van der Waals surface area contributed by atoms with Crippen LogP contribution in [-0.2, 0) is 4.79 Å². The number of aliphatic carboxylic acids is 1. The number of methoxy groups -OCH3 is 2. The van der Waals surface area contributed by atoms with Gasteiger partial charge in [0.1, 0.15) is 0 Å². The molecule has 1 N–H and O–H groups in total. The fraction of sp³-hybridized carbons (Fsp3) is 0.294. The van der Waals surface area contributed by atoms with Crippen molar-refractivity contribution in [2.75, 3.05) is 14.2 Å². The molecular weight excluding hydrogens is 282 g/mol. The van der Waals surface area contributed by atoms with Gasteiger partial charge in [0.05, 0.1) is 20.6 Å². The van der Waals surface area contributed by atoms with E-state index in [2.05, 4.69) is 4.98 Å². The fourth-order valence-corrected chi connectivity index (χ4v) is 2.39. The average Bonchev–Trinajstić information content (AvgIpc) is 2.53. The topological polar surface area (TPSA) is 68.7 Å². The molecule has 0 aliphatic carbocycles. The molecule has 1 atom stereocenters. The minimum Gasteiger partial charge on any atom is -0.493 e. The van der Waals surface area contributed by atoms with Gasteiger partial charge in [0.2, 0.25) is 0 Å². The Morgan fingerprint density at radius 3 is 2.64 bits per heavy atom. The van der Waals surface area contributed by atoms with Crippen molar-refractivity contribution in [3.8, 4) is 22.6 Å². The van der Waals surface area contributed by atoms with Gasteiger partial charge in [-0.25, -0.2) is 0 Å². The lowest BCUT2D eigenvalue weighted by molar-refractivity contribution is -0.137. The second-order valence-electron chi connectivity index (χ2n) is 5.04. The third-order valence-corrected chi connectivity index (χ3v) is 3.52. The van der Waals surface area contributed by atoms with Crippen LogP contribution in [0.4, 0.5) is 0 Å². The first-order valence-electron chi connectivity index (χ1n) is 6.95. The Bertz CT molecular complexity index is 655. The van der Waals surface area contributed by atoms with Crippen LogP contribution in [-0.4, -0.2) is 30.3 Å². The molecule has 2 aromatic rings. The SMILES string of the molecule is COc1cc(C(C)CC(=O)O)cc(-c2cccnc2)c1OC. The van der Waals surface area contributed by atoms with Crippen LogP contribution >= 0.6 is 0 Å². The van der Waals surface area contributed by atoms with Crippen LogP contribution in [0.25, 0.3) is 11.1 Å². The number of carboxylic acid groups (broad SMARTS) is 1. The van der Waals surface area contributed by atoms with E-state index in [1.807, 2.05) is 31.2 Å². The molecule has 0 amide bonds. The van der Waals surface area contributed by atoms with Crippen LogP contribution in [0.15, 0.2) is 36.7 Å². The Hall–Kier alpha value is -2.56. The number of hydrogen-bond acceptors (Lipinski definition) is 4. The molecule has 0 saturated carbocycles. The number of nitrogens with zero attached hydrogens (tertiary/aromatic N) is 1. The molecule has 22 heavy (non-hydrogen) atoms. The molecule has 5 nitrogen and oxygen atoms in total. The van der Waals surface area contributed by atoms with E-state index < -0.39 is 5.97 Å². The van der Waals surface area contributed by atoms with Gasteiger partial charge in [-0.15, -0.1) is 0 Å². The van der Waals surface area contributed by atoms with Gasteiger partial charge in [-0.2, -0.15) is 0 Å². The van der Waals surface area contributed by atoms with Crippen LogP contribution in [0.5, 0.6) is 11.5 Å². The number of ether oxygens (including phenoxy) is 2. The van der Waals surface area contributed by atoms with Gasteiger partial charge in [0.15, 0.2) is 11.5 Å². The van der Waals surface area contributed by atoms with Gasteiger partial charge in [-0.3, -0.25) is 9.78 Å². The van der Waals surface area contributed by atoms with E-state index in [-0.39, 0.29) is 12.3 Å². The van der Waals surface area contributed by atoms with Crippen LogP contribution in [0.1, 0.15) is 24.8 Å². The largest absolute Gasteiger partial charge is 0.493 e. The number of hydrogen-bond donors (Lipinski definition) is 1. The highest BCUT2D eigenvalue weighted by Crippen LogP contribution is 2.41. The van der Waals surface area contributed by atoms with Crippen LogP contribution in [0, 0.1) is 0 Å². The second-order valence-corrected chi connectivity index (χ2v) is 5.04. The Balaban J connectivity index is 2.57. The van der Waals surface area contributed by atoms with Crippen molar-refractivity contribution in [1.82, 2.24) is 4.98 Å². The highest BCUT2D eigenvalue weighted by molar-refractivity contribution is 5.75. The van der Waals surface area contributed by atoms with Gasteiger partial charge < -0.3 is 14.6 Å². The fourth-order valence-electron chi connectivity index (χ4n) is 2.39. The standard InChI is InChI=1S/C17H19NO4/c1-11(7-16(19)20)13-8-14(12-5-4-6-18-10-12)17(22-3)15(9-13)21-2/h4-6,8-11H,7H2,1-3H3,(H,19,20). The highest BCUT2D eigenvalue weighted by atomic mass is 16.5. The Morgan fingerprint density at radius 1 is 1.32 bits per heavy atom. The van der Waals surface area contributed by atoms with Crippen molar-refractivity contribution in [3.63, 3.8) is 0 Å². The lowest BCUT2D eigenvalue weighted by Gasteiger charge is -2.17. The lowest BCUT2D eigenvalue weighted by Crippen LogP contribution is -2.04. The zero-order valence-electron chi connectivity index (χ0n) is 12.9. The predicted molar refractivity (Wildman–Crippen MR) is 83.4 cm³/mol. The minimum atomic E-state index is -0.829. The molecule has 1 aromatic heterocycles. The summed E-state index contributed by atoms with van der Waals surface area (Å²) in [5.74, 6) is 0.232. The molecule has 1 unspecified atom stereocenters. The summed E-state index contributed by atoms with van der Waals surface area (Å²) in [5.41, 5.74) is 2.61. The molecule has 0 spiro atoms. The molecule has 0 saturated heterocycles. The highest BCUT2D eigenvalue weighted by Gasteiger charge is 2.18. The summed E-state index contributed by atoms with van der Waals surface area (Å²) in [4.78, 5) is 15.1. The van der Waals surface area contributed by atoms with Crippen molar-refractivity contribution in [2.24, 2.45) is 0 Å². The van der Waals surface area contributed by atoms with Crippen LogP contribution < -0.4 is 9.47 Å². The third kappa shape index (κ3) is 3.36. The Morgan fingerprint density at radius 2 is 2.09 bits per heavy atom. The molecule has 0 bridgehead atoms. The van der Waals surface area contributed by atoms with Crippen molar-refractivity contribution in [3.05, 3.63) is 42.2 Å². The number of pyridine rings is 1. The molecule has 0 radical (unpaired) electrons. The molecule has 2 rings (SSSR count). The van der Waals surface area contributed by atoms with E-state index in [0.717, 1.165) is 16.7 Å². The summed E-state index contributed by atoms with van der Waals surface area (Å²) in [6.07, 6.45) is 3.50. The summed E-state index contributed by atoms with van der Waals surface area (Å²) in [7, 11) is 3.15. The van der Waals surface area contributed by atoms with E-state index in [1.165, 1.54) is 0 Å². The predicted octanol–water partition coefficient (Wildman–Crippen LogP) is 3.34. The summed E-state index contributed by atoms with van der Waals surface area (Å²) in [5, 5.41) is 8.99. The summed E-state index contributed by atoms with van der Waals surface area (Å²) >= 11 is 0. The van der Waals surface area contributed by atoms with Crippen molar-refractivity contribution >= 4 is 5.97 Å². The Kier molecular flexibility index (Phi) is 4.99. The van der Waals surface area contributed by atoms with Crippen molar-refractivity contribution in [1.29, 1.82) is 0 Å². The van der Waals surface area contributed by atoms with E-state index in [4.69, 9.17) is 14.6 Å². The first-order chi connectivity index (χ1) is 10.6. The van der Waals surface area contributed by atoms with Gasteiger partial charge in [-0.1, -0.05) is 13.0 Å². The monoisotopic (exact) mass is 301 g/mol. The zero-order valence-corrected chi connectivity index (χ0v) is 12.9. The number of rotatable bonds is 6. The van der Waals surface area contributed by atoms with Gasteiger partial charge >= 0.3 is 5.97 Å². The van der Waals surface area contributed by atoms with Gasteiger partial charge in [0.25, 0.3) is 0 Å². The van der Waals surface area contributed by atoms with Crippen LogP contribution in [0.3, 0.4) is 0 Å². The average molecular weight is 301 g/mol. The van der Waals surface area contributed by atoms with Crippen molar-refractivity contribution < 1.29 is 19.4 Å². The normalized spacial score (nSPS) is 11.8. The summed E-state index contributed by atoms with van der Waals surface area (Å²) in [6, 6.07) is 7.53. The maximum atomic E-state index is 10.9. The van der Waals surface area contributed by atoms with Crippen molar-refractivity contribution in [2.45, 2.75) is 19.3 Å². The van der Waals surface area contributed by atoms with E-state index in [9.17, 15) is 4.79 Å². The second kappa shape index (κ2) is 6.93. The van der Waals surface area contributed by atoms with Gasteiger partial charge in [-0.05, 0) is 29.7 Å². The molecule has 1 aromatic carbocycles. The molecular formula is C17H19NO4. The maximum absolute atomic E-state index is 10.9. The zero-order chi connectivity index (χ0) is 16.1. The number of carbonyl (C=O) groups is 1. The van der Waals surface area contributed by atoms with E-state index >= 15 is 0 Å².